The van der Waals surface area contributed by atoms with E-state index in [0.29, 0.717) is 17.4 Å². The van der Waals surface area contributed by atoms with E-state index in [4.69, 9.17) is 14.2 Å². The Kier molecular flexibility index (Phi) is 4.42. The monoisotopic (exact) mass is 364 g/mol. The van der Waals surface area contributed by atoms with E-state index in [2.05, 4.69) is 21.5 Å². The molecular weight excluding hydrogens is 344 g/mol. The highest BCUT2D eigenvalue weighted by molar-refractivity contribution is 5.78. The summed E-state index contributed by atoms with van der Waals surface area (Å²) >= 11 is 0. The van der Waals surface area contributed by atoms with E-state index in [9.17, 15) is 0 Å². The fourth-order valence-electron chi connectivity index (χ4n) is 3.17. The highest BCUT2D eigenvalue weighted by Gasteiger charge is 2.24. The first kappa shape index (κ1) is 17.0. The van der Waals surface area contributed by atoms with Gasteiger partial charge in [0.2, 0.25) is 5.95 Å². The summed E-state index contributed by atoms with van der Waals surface area (Å²) < 4.78 is 18.0. The van der Waals surface area contributed by atoms with E-state index in [1.807, 2.05) is 47.1 Å². The van der Waals surface area contributed by atoms with Gasteiger partial charge >= 0.3 is 0 Å². The molecule has 4 rings (SSSR count). The maximum atomic E-state index is 5.43. The SMILES string of the molecule is COc1cccc(C2C=C(c3ccc(OC)c(OC)c3)Nc3ncnn32)c1. The molecule has 0 aliphatic carbocycles. The lowest BCUT2D eigenvalue weighted by Crippen LogP contribution is -2.20. The smallest absolute Gasteiger partial charge is 0.226 e. The number of ether oxygens (including phenoxy) is 3. The molecule has 1 atom stereocenters. The number of nitrogens with zero attached hydrogens (tertiary/aromatic N) is 3. The van der Waals surface area contributed by atoms with Crippen LogP contribution in [0.15, 0.2) is 54.9 Å². The van der Waals surface area contributed by atoms with Gasteiger partial charge in [0.15, 0.2) is 11.5 Å². The maximum absolute atomic E-state index is 5.43. The molecule has 2 heterocycles. The first-order valence-electron chi connectivity index (χ1n) is 8.48. The molecule has 1 aliphatic heterocycles. The lowest BCUT2D eigenvalue weighted by atomic mass is 10.0. The molecule has 138 valence electrons. The molecule has 0 bridgehead atoms. The van der Waals surface area contributed by atoms with Gasteiger partial charge in [-0.15, -0.1) is 0 Å². The van der Waals surface area contributed by atoms with Crippen LogP contribution in [0.4, 0.5) is 5.95 Å². The van der Waals surface area contributed by atoms with E-state index < -0.39 is 0 Å². The molecule has 0 radical (unpaired) electrons. The second kappa shape index (κ2) is 7.03. The second-order valence-electron chi connectivity index (χ2n) is 6.02. The molecular formula is C20H20N4O3. The second-order valence-corrected chi connectivity index (χ2v) is 6.02. The van der Waals surface area contributed by atoms with E-state index in [1.165, 1.54) is 0 Å². The summed E-state index contributed by atoms with van der Waals surface area (Å²) in [6, 6.07) is 13.6. The highest BCUT2D eigenvalue weighted by atomic mass is 16.5. The summed E-state index contributed by atoms with van der Waals surface area (Å²) in [4.78, 5) is 4.34. The van der Waals surface area contributed by atoms with Gasteiger partial charge < -0.3 is 19.5 Å². The molecule has 0 amide bonds. The van der Waals surface area contributed by atoms with Crippen molar-refractivity contribution < 1.29 is 14.2 Å². The van der Waals surface area contributed by atoms with Crippen molar-refractivity contribution in [3.05, 3.63) is 66.0 Å². The van der Waals surface area contributed by atoms with Crippen LogP contribution in [0, 0.1) is 0 Å². The number of rotatable bonds is 5. The predicted octanol–water partition coefficient (Wildman–Crippen LogP) is 3.36. The molecule has 3 aromatic rings. The fraction of sp³-hybridized carbons (Fsp3) is 0.200. The molecule has 0 saturated heterocycles. The molecule has 27 heavy (non-hydrogen) atoms. The average molecular weight is 364 g/mol. The number of benzene rings is 2. The molecule has 1 N–H and O–H groups in total. The van der Waals surface area contributed by atoms with Crippen LogP contribution in [-0.4, -0.2) is 36.1 Å². The van der Waals surface area contributed by atoms with Crippen molar-refractivity contribution in [3.8, 4) is 17.2 Å². The zero-order valence-corrected chi connectivity index (χ0v) is 15.3. The third-order valence-corrected chi connectivity index (χ3v) is 4.54. The molecule has 7 nitrogen and oxygen atoms in total. The Hall–Kier alpha value is -3.48. The number of methoxy groups -OCH3 is 3. The topological polar surface area (TPSA) is 70.4 Å². The summed E-state index contributed by atoms with van der Waals surface area (Å²) in [7, 11) is 4.91. The van der Waals surface area contributed by atoms with E-state index >= 15 is 0 Å². The van der Waals surface area contributed by atoms with Crippen molar-refractivity contribution in [2.45, 2.75) is 6.04 Å². The van der Waals surface area contributed by atoms with E-state index in [0.717, 1.165) is 22.6 Å². The van der Waals surface area contributed by atoms with Crippen LogP contribution in [-0.2, 0) is 0 Å². The van der Waals surface area contributed by atoms with Crippen LogP contribution in [0.25, 0.3) is 5.70 Å². The molecule has 0 spiro atoms. The molecule has 1 aliphatic rings. The highest BCUT2D eigenvalue weighted by Crippen LogP contribution is 2.36. The number of anilines is 1. The van der Waals surface area contributed by atoms with Crippen molar-refractivity contribution >= 4 is 11.6 Å². The van der Waals surface area contributed by atoms with Gasteiger partial charge in [0, 0.05) is 11.3 Å². The number of hydrogen-bond donors (Lipinski definition) is 1. The Labute approximate surface area is 157 Å². The molecule has 7 heteroatoms. The molecule has 0 fully saturated rings. The van der Waals surface area contributed by atoms with Crippen molar-refractivity contribution in [2.24, 2.45) is 0 Å². The summed E-state index contributed by atoms with van der Waals surface area (Å²) in [6.07, 6.45) is 3.65. The normalized spacial score (nSPS) is 15.4. The third-order valence-electron chi connectivity index (χ3n) is 4.54. The number of aromatic nitrogens is 3. The molecule has 1 aromatic heterocycles. The Morgan fingerprint density at radius 1 is 0.963 bits per heavy atom. The van der Waals surface area contributed by atoms with Crippen LogP contribution in [0.1, 0.15) is 17.2 Å². The van der Waals surface area contributed by atoms with Crippen molar-refractivity contribution in [2.75, 3.05) is 26.6 Å². The number of hydrogen-bond acceptors (Lipinski definition) is 6. The lowest BCUT2D eigenvalue weighted by Gasteiger charge is -2.25. The summed E-state index contributed by atoms with van der Waals surface area (Å²) in [5.74, 6) is 2.83. The van der Waals surface area contributed by atoms with Crippen LogP contribution in [0.2, 0.25) is 0 Å². The Morgan fingerprint density at radius 3 is 2.59 bits per heavy atom. The minimum absolute atomic E-state index is 0.109. The van der Waals surface area contributed by atoms with Gasteiger partial charge in [-0.05, 0) is 42.0 Å². The van der Waals surface area contributed by atoms with Crippen molar-refractivity contribution in [3.63, 3.8) is 0 Å². The van der Waals surface area contributed by atoms with E-state index in [-0.39, 0.29) is 6.04 Å². The van der Waals surface area contributed by atoms with Crippen LogP contribution >= 0.6 is 0 Å². The Morgan fingerprint density at radius 2 is 1.81 bits per heavy atom. The number of nitrogens with one attached hydrogen (secondary N) is 1. The van der Waals surface area contributed by atoms with Crippen molar-refractivity contribution in [1.29, 1.82) is 0 Å². The Bertz CT molecular complexity index is 996. The quantitative estimate of drug-likeness (QED) is 0.749. The van der Waals surface area contributed by atoms with Crippen LogP contribution in [0.5, 0.6) is 17.2 Å². The maximum Gasteiger partial charge on any atom is 0.226 e. The fourth-order valence-corrected chi connectivity index (χ4v) is 3.17. The zero-order valence-electron chi connectivity index (χ0n) is 15.3. The van der Waals surface area contributed by atoms with Gasteiger partial charge in [-0.25, -0.2) is 4.68 Å². The Balaban J connectivity index is 1.79. The van der Waals surface area contributed by atoms with Gasteiger partial charge in [-0.3, -0.25) is 0 Å². The van der Waals surface area contributed by atoms with Gasteiger partial charge in [0.1, 0.15) is 18.1 Å². The molecule has 0 saturated carbocycles. The zero-order chi connectivity index (χ0) is 18.8. The van der Waals surface area contributed by atoms with Crippen LogP contribution in [0.3, 0.4) is 0 Å². The van der Waals surface area contributed by atoms with Gasteiger partial charge in [0.05, 0.1) is 21.3 Å². The summed E-state index contributed by atoms with van der Waals surface area (Å²) in [5.41, 5.74) is 2.94. The largest absolute Gasteiger partial charge is 0.497 e. The van der Waals surface area contributed by atoms with Crippen molar-refractivity contribution in [1.82, 2.24) is 14.8 Å². The number of allylic oxidation sites excluding steroid dienone is 1. The van der Waals surface area contributed by atoms with Gasteiger partial charge in [-0.2, -0.15) is 10.1 Å². The first-order chi connectivity index (χ1) is 13.2. The standard InChI is InChI=1S/C20H20N4O3/c1-25-15-6-4-5-14(9-15)17-11-16(23-20-21-12-22-24(17)20)13-7-8-18(26-2)19(10-13)27-3/h4-12,17H,1-3H3,(H,21,22,23). The van der Waals surface area contributed by atoms with Gasteiger partial charge in [-0.1, -0.05) is 12.1 Å². The van der Waals surface area contributed by atoms with E-state index in [1.54, 1.807) is 27.7 Å². The van der Waals surface area contributed by atoms with Gasteiger partial charge in [0.25, 0.3) is 0 Å². The molecule has 1 unspecified atom stereocenters. The minimum atomic E-state index is -0.109. The first-order valence-corrected chi connectivity index (χ1v) is 8.48. The predicted molar refractivity (Wildman–Crippen MR) is 102 cm³/mol. The third kappa shape index (κ3) is 3.08. The van der Waals surface area contributed by atoms with Crippen LogP contribution < -0.4 is 19.5 Å². The summed E-state index contributed by atoms with van der Waals surface area (Å²) in [6.45, 7) is 0. The minimum Gasteiger partial charge on any atom is -0.497 e. The lowest BCUT2D eigenvalue weighted by molar-refractivity contribution is 0.355. The molecule has 2 aromatic carbocycles. The number of fused-ring (bicyclic) bond motifs is 1. The summed E-state index contributed by atoms with van der Waals surface area (Å²) in [5, 5.41) is 7.71. The average Bonchev–Trinajstić information content (AvgIpc) is 3.21.